The number of hydrogen-bond acceptors (Lipinski definition) is 3. The number of benzene rings is 1. The summed E-state index contributed by atoms with van der Waals surface area (Å²) in [5, 5.41) is 11.7. The second-order valence-electron chi connectivity index (χ2n) is 4.99. The smallest absolute Gasteiger partial charge is 0.322 e. The summed E-state index contributed by atoms with van der Waals surface area (Å²) < 4.78 is 5.34. The van der Waals surface area contributed by atoms with E-state index in [1.165, 1.54) is 4.90 Å². The van der Waals surface area contributed by atoms with E-state index in [-0.39, 0.29) is 25.0 Å². The first-order valence-corrected chi connectivity index (χ1v) is 7.09. The number of nitrogens with zero attached hydrogens (tertiary/aromatic N) is 1. The minimum Gasteiger partial charge on any atom is -0.481 e. The first-order valence-electron chi connectivity index (χ1n) is 7.09. The molecule has 1 aromatic rings. The molecule has 1 aromatic carbocycles. The lowest BCUT2D eigenvalue weighted by atomic mass is 10.1. The third kappa shape index (κ3) is 4.75. The van der Waals surface area contributed by atoms with Crippen LogP contribution < -0.4 is 10.2 Å². The number of carbonyl (C=O) groups excluding carboxylic acids is 1. The van der Waals surface area contributed by atoms with Crippen molar-refractivity contribution in [3.63, 3.8) is 0 Å². The highest BCUT2D eigenvalue weighted by Gasteiger charge is 2.21. The van der Waals surface area contributed by atoms with Crippen LogP contribution in [0.15, 0.2) is 30.3 Å². The fourth-order valence-corrected chi connectivity index (χ4v) is 2.27. The minimum atomic E-state index is -0.926. The van der Waals surface area contributed by atoms with Crippen molar-refractivity contribution in [3.05, 3.63) is 30.3 Å². The highest BCUT2D eigenvalue weighted by molar-refractivity contribution is 5.92. The Kier molecular flexibility index (Phi) is 5.57. The number of hydrogen-bond donors (Lipinski definition) is 2. The molecule has 1 fully saturated rings. The Bertz CT molecular complexity index is 472. The summed E-state index contributed by atoms with van der Waals surface area (Å²) in [6.07, 6.45) is 1.71. The van der Waals surface area contributed by atoms with Crippen LogP contribution in [-0.4, -0.2) is 42.9 Å². The lowest BCUT2D eigenvalue weighted by Crippen LogP contribution is -2.48. The summed E-state index contributed by atoms with van der Waals surface area (Å²) in [7, 11) is 0. The Morgan fingerprint density at radius 1 is 1.33 bits per heavy atom. The van der Waals surface area contributed by atoms with Gasteiger partial charge in [-0.1, -0.05) is 18.2 Å². The van der Waals surface area contributed by atoms with Gasteiger partial charge in [-0.2, -0.15) is 0 Å². The van der Waals surface area contributed by atoms with Gasteiger partial charge in [0.15, 0.2) is 0 Å². The van der Waals surface area contributed by atoms with Crippen LogP contribution in [0.1, 0.15) is 19.3 Å². The van der Waals surface area contributed by atoms with E-state index in [4.69, 9.17) is 9.84 Å². The van der Waals surface area contributed by atoms with E-state index in [1.54, 1.807) is 12.1 Å². The Labute approximate surface area is 123 Å². The van der Waals surface area contributed by atoms with Crippen LogP contribution >= 0.6 is 0 Å². The van der Waals surface area contributed by atoms with Crippen molar-refractivity contribution < 1.29 is 19.4 Å². The number of rotatable bonds is 5. The Hall–Kier alpha value is -2.08. The largest absolute Gasteiger partial charge is 0.481 e. The van der Waals surface area contributed by atoms with Crippen molar-refractivity contribution in [2.75, 3.05) is 24.7 Å². The molecule has 0 bridgehead atoms. The molecule has 0 aliphatic carbocycles. The van der Waals surface area contributed by atoms with Crippen LogP contribution in [0.2, 0.25) is 0 Å². The molecule has 6 nitrogen and oxygen atoms in total. The van der Waals surface area contributed by atoms with E-state index in [1.807, 2.05) is 18.2 Å². The normalized spacial score (nSPS) is 18.0. The van der Waals surface area contributed by atoms with Crippen molar-refractivity contribution in [3.8, 4) is 0 Å². The number of nitrogens with one attached hydrogen (secondary N) is 1. The number of anilines is 1. The third-order valence-electron chi connectivity index (χ3n) is 3.35. The summed E-state index contributed by atoms with van der Waals surface area (Å²) in [6, 6.07) is 8.78. The Morgan fingerprint density at radius 3 is 2.71 bits per heavy atom. The van der Waals surface area contributed by atoms with Crippen molar-refractivity contribution in [1.29, 1.82) is 0 Å². The summed E-state index contributed by atoms with van der Waals surface area (Å²) in [4.78, 5) is 24.6. The fourth-order valence-electron chi connectivity index (χ4n) is 2.27. The van der Waals surface area contributed by atoms with Gasteiger partial charge in [-0.3, -0.25) is 9.69 Å². The molecular formula is C15H20N2O4. The monoisotopic (exact) mass is 292 g/mol. The molecule has 6 heteroatoms. The Morgan fingerprint density at radius 2 is 2.10 bits per heavy atom. The molecule has 1 aliphatic rings. The maximum absolute atomic E-state index is 12.4. The van der Waals surface area contributed by atoms with Crippen LogP contribution in [-0.2, 0) is 9.53 Å². The second-order valence-corrected chi connectivity index (χ2v) is 4.99. The van der Waals surface area contributed by atoms with Crippen molar-refractivity contribution in [2.45, 2.75) is 25.3 Å². The number of aliphatic carboxylic acids is 1. The minimum absolute atomic E-state index is 0.0118. The quantitative estimate of drug-likeness (QED) is 0.868. The molecule has 2 amide bonds. The van der Waals surface area contributed by atoms with Gasteiger partial charge < -0.3 is 15.2 Å². The van der Waals surface area contributed by atoms with Gasteiger partial charge >= 0.3 is 12.0 Å². The zero-order valence-corrected chi connectivity index (χ0v) is 11.8. The Balaban J connectivity index is 2.02. The molecule has 114 valence electrons. The van der Waals surface area contributed by atoms with Gasteiger partial charge in [0.05, 0.1) is 19.1 Å². The predicted octanol–water partition coefficient (Wildman–Crippen LogP) is 1.86. The third-order valence-corrected chi connectivity index (χ3v) is 3.35. The molecule has 2 N–H and O–H groups in total. The zero-order chi connectivity index (χ0) is 15.1. The van der Waals surface area contributed by atoms with Gasteiger partial charge in [0.2, 0.25) is 0 Å². The molecule has 0 spiro atoms. The van der Waals surface area contributed by atoms with Gasteiger partial charge in [0.1, 0.15) is 0 Å². The summed E-state index contributed by atoms with van der Waals surface area (Å²) >= 11 is 0. The van der Waals surface area contributed by atoms with Crippen molar-refractivity contribution >= 4 is 17.7 Å². The molecule has 0 radical (unpaired) electrons. The van der Waals surface area contributed by atoms with Crippen LogP contribution in [0, 0.1) is 0 Å². The van der Waals surface area contributed by atoms with Gasteiger partial charge in [-0.15, -0.1) is 0 Å². The number of ether oxygens (including phenoxy) is 1. The van der Waals surface area contributed by atoms with Gasteiger partial charge in [-0.05, 0) is 25.0 Å². The van der Waals surface area contributed by atoms with E-state index in [0.29, 0.717) is 12.3 Å². The number of carboxylic acid groups (broad SMARTS) is 1. The van der Waals surface area contributed by atoms with Crippen molar-refractivity contribution in [2.24, 2.45) is 0 Å². The van der Waals surface area contributed by atoms with E-state index in [2.05, 4.69) is 5.32 Å². The highest BCUT2D eigenvalue weighted by atomic mass is 16.5. The first-order chi connectivity index (χ1) is 10.2. The molecule has 1 unspecified atom stereocenters. The number of carbonyl (C=O) groups is 2. The molecule has 1 heterocycles. The van der Waals surface area contributed by atoms with E-state index in [9.17, 15) is 9.59 Å². The molecule has 1 saturated heterocycles. The summed E-state index contributed by atoms with van der Waals surface area (Å²) in [5.74, 6) is -0.926. The average Bonchev–Trinajstić information content (AvgIpc) is 2.49. The average molecular weight is 292 g/mol. The van der Waals surface area contributed by atoms with E-state index >= 15 is 0 Å². The maximum Gasteiger partial charge on any atom is 0.322 e. The summed E-state index contributed by atoms with van der Waals surface area (Å²) in [6.45, 7) is 1.37. The number of carboxylic acids is 1. The molecule has 21 heavy (non-hydrogen) atoms. The van der Waals surface area contributed by atoms with Crippen LogP contribution in [0.4, 0.5) is 10.5 Å². The molecular weight excluding hydrogens is 272 g/mol. The van der Waals surface area contributed by atoms with Crippen LogP contribution in [0.3, 0.4) is 0 Å². The van der Waals surface area contributed by atoms with Gasteiger partial charge in [0.25, 0.3) is 0 Å². The topological polar surface area (TPSA) is 78.9 Å². The van der Waals surface area contributed by atoms with Gasteiger partial charge in [-0.25, -0.2) is 4.79 Å². The predicted molar refractivity (Wildman–Crippen MR) is 78.4 cm³/mol. The van der Waals surface area contributed by atoms with Crippen molar-refractivity contribution in [1.82, 2.24) is 5.32 Å². The zero-order valence-electron chi connectivity index (χ0n) is 11.8. The standard InChI is InChI=1S/C15H20N2O4/c18-14(19)8-9-17(13-6-2-1-3-7-13)15(20)16-12-5-4-10-21-11-12/h1-3,6-7,12H,4-5,8-11H2,(H,16,20)(H,18,19). The lowest BCUT2D eigenvalue weighted by molar-refractivity contribution is -0.136. The number of amides is 2. The molecule has 0 saturated carbocycles. The maximum atomic E-state index is 12.4. The van der Waals surface area contributed by atoms with E-state index < -0.39 is 5.97 Å². The fraction of sp³-hybridized carbons (Fsp3) is 0.467. The number of urea groups is 1. The SMILES string of the molecule is O=C(O)CCN(C(=O)NC1CCCOC1)c1ccccc1. The molecule has 1 aliphatic heterocycles. The lowest BCUT2D eigenvalue weighted by Gasteiger charge is -2.28. The van der Waals surface area contributed by atoms with E-state index in [0.717, 1.165) is 19.4 Å². The number of para-hydroxylation sites is 1. The second kappa shape index (κ2) is 7.64. The molecule has 0 aromatic heterocycles. The van der Waals surface area contributed by atoms with Gasteiger partial charge in [0, 0.05) is 18.8 Å². The van der Waals surface area contributed by atoms with Crippen LogP contribution in [0.5, 0.6) is 0 Å². The van der Waals surface area contributed by atoms with Crippen LogP contribution in [0.25, 0.3) is 0 Å². The molecule has 2 rings (SSSR count). The summed E-state index contributed by atoms with van der Waals surface area (Å²) in [5.41, 5.74) is 0.688. The first kappa shape index (κ1) is 15.3. The molecule has 1 atom stereocenters. The highest BCUT2D eigenvalue weighted by Crippen LogP contribution is 2.15.